The minimum Gasteiger partial charge on any atom is -0.339 e. The second-order valence-electron chi connectivity index (χ2n) is 6.72. The van der Waals surface area contributed by atoms with Crippen LogP contribution in [0.15, 0.2) is 18.2 Å². The Morgan fingerprint density at radius 1 is 1.07 bits per heavy atom. The Balaban J connectivity index is 1.77. The van der Waals surface area contributed by atoms with Gasteiger partial charge in [0.2, 0.25) is 11.8 Å². The van der Waals surface area contributed by atoms with Gasteiger partial charge in [-0.15, -0.1) is 0 Å². The van der Waals surface area contributed by atoms with Crippen LogP contribution in [0.1, 0.15) is 23.9 Å². The van der Waals surface area contributed by atoms with E-state index < -0.39 is 0 Å². The van der Waals surface area contributed by atoms with Gasteiger partial charge in [-0.25, -0.2) is 4.68 Å². The molecule has 1 saturated heterocycles. The summed E-state index contributed by atoms with van der Waals surface area (Å²) >= 11 is 12.3. The number of benzene rings is 1. The zero-order valence-electron chi connectivity index (χ0n) is 15.6. The summed E-state index contributed by atoms with van der Waals surface area (Å²) in [6, 6.07) is 5.25. The second kappa shape index (κ2) is 7.90. The Labute approximate surface area is 168 Å². The number of carbonyl (C=O) groups excluding carboxylic acids is 2. The largest absolute Gasteiger partial charge is 0.339 e. The van der Waals surface area contributed by atoms with Crippen molar-refractivity contribution in [2.75, 3.05) is 26.2 Å². The number of piperazine rings is 1. The molecule has 6 nitrogen and oxygen atoms in total. The third kappa shape index (κ3) is 4.12. The first kappa shape index (κ1) is 19.7. The van der Waals surface area contributed by atoms with Gasteiger partial charge in [0, 0.05) is 49.4 Å². The lowest BCUT2D eigenvalue weighted by atomic mass is 10.1. The number of nitrogens with zero attached hydrogens (tertiary/aromatic N) is 4. The molecule has 1 aliphatic heterocycles. The van der Waals surface area contributed by atoms with Crippen molar-refractivity contribution in [1.82, 2.24) is 19.6 Å². The van der Waals surface area contributed by atoms with Crippen molar-refractivity contribution in [1.29, 1.82) is 0 Å². The van der Waals surface area contributed by atoms with E-state index >= 15 is 0 Å². The number of amides is 2. The summed E-state index contributed by atoms with van der Waals surface area (Å²) in [5.41, 5.74) is 3.32. The number of carbonyl (C=O) groups is 2. The van der Waals surface area contributed by atoms with E-state index in [1.54, 1.807) is 28.6 Å². The molecular weight excluding hydrogens is 387 g/mol. The zero-order valence-corrected chi connectivity index (χ0v) is 17.1. The number of aryl methyl sites for hydroxylation is 1. The van der Waals surface area contributed by atoms with Crippen LogP contribution in [-0.2, 0) is 16.0 Å². The third-order valence-corrected chi connectivity index (χ3v) is 5.52. The summed E-state index contributed by atoms with van der Waals surface area (Å²) in [4.78, 5) is 27.8. The summed E-state index contributed by atoms with van der Waals surface area (Å²) in [5.74, 6) is 0.0982. The summed E-state index contributed by atoms with van der Waals surface area (Å²) in [6.45, 7) is 7.67. The predicted octanol–water partition coefficient (Wildman–Crippen LogP) is 3.03. The molecule has 2 amide bonds. The molecule has 0 spiro atoms. The Morgan fingerprint density at radius 2 is 1.70 bits per heavy atom. The van der Waals surface area contributed by atoms with Crippen molar-refractivity contribution >= 4 is 35.0 Å². The molecule has 0 N–H and O–H groups in total. The van der Waals surface area contributed by atoms with E-state index in [1.165, 1.54) is 0 Å². The molecule has 0 saturated carbocycles. The number of hydrogen-bond donors (Lipinski definition) is 0. The number of aromatic nitrogens is 2. The lowest BCUT2D eigenvalue weighted by Gasteiger charge is -2.34. The maximum absolute atomic E-state index is 12.7. The molecule has 3 rings (SSSR count). The average Bonchev–Trinajstić information content (AvgIpc) is 2.90. The molecule has 1 aromatic heterocycles. The first-order chi connectivity index (χ1) is 12.8. The van der Waals surface area contributed by atoms with E-state index in [0.717, 1.165) is 22.6 Å². The van der Waals surface area contributed by atoms with Gasteiger partial charge in [0.1, 0.15) is 0 Å². The Kier molecular flexibility index (Phi) is 5.77. The number of hydrogen-bond acceptors (Lipinski definition) is 3. The van der Waals surface area contributed by atoms with Crippen LogP contribution in [0.25, 0.3) is 5.69 Å². The van der Waals surface area contributed by atoms with Crippen LogP contribution in [0.3, 0.4) is 0 Å². The predicted molar refractivity (Wildman–Crippen MR) is 106 cm³/mol. The lowest BCUT2D eigenvalue weighted by molar-refractivity contribution is -0.138. The van der Waals surface area contributed by atoms with E-state index in [0.29, 0.717) is 36.2 Å². The molecule has 1 aromatic carbocycles. The zero-order chi connectivity index (χ0) is 19.7. The monoisotopic (exact) mass is 408 g/mol. The first-order valence-electron chi connectivity index (χ1n) is 8.81. The molecular formula is C19H22Cl2N4O2. The van der Waals surface area contributed by atoms with Crippen molar-refractivity contribution < 1.29 is 9.59 Å². The van der Waals surface area contributed by atoms with Crippen LogP contribution in [0, 0.1) is 13.8 Å². The van der Waals surface area contributed by atoms with Crippen molar-refractivity contribution in [3.8, 4) is 5.69 Å². The topological polar surface area (TPSA) is 58.4 Å². The molecule has 2 aromatic rings. The normalized spacial score (nSPS) is 14.6. The molecule has 0 radical (unpaired) electrons. The smallest absolute Gasteiger partial charge is 0.227 e. The quantitative estimate of drug-likeness (QED) is 0.783. The van der Waals surface area contributed by atoms with Crippen LogP contribution in [0.2, 0.25) is 10.0 Å². The standard InChI is InChI=1S/C19H22Cl2N4O2/c1-12-16(11-19(27)24-8-6-23(7-9-24)14(3)26)13(2)25(22-12)18-5-4-15(20)10-17(18)21/h4-5,10H,6-9,11H2,1-3H3. The first-order valence-corrected chi connectivity index (χ1v) is 9.57. The summed E-state index contributed by atoms with van der Waals surface area (Å²) < 4.78 is 1.75. The molecule has 0 atom stereocenters. The molecule has 0 bridgehead atoms. The molecule has 0 unspecified atom stereocenters. The highest BCUT2D eigenvalue weighted by atomic mass is 35.5. The van der Waals surface area contributed by atoms with E-state index in [1.807, 2.05) is 24.8 Å². The van der Waals surface area contributed by atoms with Gasteiger partial charge in [0.25, 0.3) is 0 Å². The highest BCUT2D eigenvalue weighted by Crippen LogP contribution is 2.27. The molecule has 1 aliphatic rings. The molecule has 0 aliphatic carbocycles. The van der Waals surface area contributed by atoms with Crippen molar-refractivity contribution in [2.24, 2.45) is 0 Å². The maximum atomic E-state index is 12.7. The molecule has 8 heteroatoms. The fourth-order valence-corrected chi connectivity index (χ4v) is 3.84. The lowest BCUT2D eigenvalue weighted by Crippen LogP contribution is -2.50. The summed E-state index contributed by atoms with van der Waals surface area (Å²) in [5, 5.41) is 5.64. The van der Waals surface area contributed by atoms with Gasteiger partial charge in [0.15, 0.2) is 0 Å². The van der Waals surface area contributed by atoms with E-state index in [9.17, 15) is 9.59 Å². The fourth-order valence-electron chi connectivity index (χ4n) is 3.35. The maximum Gasteiger partial charge on any atom is 0.227 e. The number of rotatable bonds is 3. The van der Waals surface area contributed by atoms with Crippen molar-refractivity contribution in [3.63, 3.8) is 0 Å². The third-order valence-electron chi connectivity index (χ3n) is 4.98. The van der Waals surface area contributed by atoms with Crippen molar-refractivity contribution in [3.05, 3.63) is 45.2 Å². The van der Waals surface area contributed by atoms with Gasteiger partial charge in [-0.3, -0.25) is 9.59 Å². The van der Waals surface area contributed by atoms with Crippen LogP contribution in [0.5, 0.6) is 0 Å². The molecule has 27 heavy (non-hydrogen) atoms. The Bertz CT molecular complexity index is 886. The summed E-state index contributed by atoms with van der Waals surface area (Å²) in [6.07, 6.45) is 0.281. The molecule has 1 fully saturated rings. The highest BCUT2D eigenvalue weighted by Gasteiger charge is 2.24. The van der Waals surface area contributed by atoms with E-state index in [4.69, 9.17) is 23.2 Å². The fraction of sp³-hybridized carbons (Fsp3) is 0.421. The van der Waals surface area contributed by atoms with Gasteiger partial charge in [-0.05, 0) is 32.0 Å². The van der Waals surface area contributed by atoms with Gasteiger partial charge in [-0.2, -0.15) is 5.10 Å². The van der Waals surface area contributed by atoms with Gasteiger partial charge in [0.05, 0.1) is 22.8 Å². The Morgan fingerprint density at radius 3 is 2.30 bits per heavy atom. The van der Waals surface area contributed by atoms with Crippen molar-refractivity contribution in [2.45, 2.75) is 27.2 Å². The molecule has 2 heterocycles. The van der Waals surface area contributed by atoms with Crippen LogP contribution < -0.4 is 0 Å². The SMILES string of the molecule is CC(=O)N1CCN(C(=O)Cc2c(C)nn(-c3ccc(Cl)cc3Cl)c2C)CC1. The van der Waals surface area contributed by atoms with Gasteiger partial charge < -0.3 is 9.80 Å². The van der Waals surface area contributed by atoms with E-state index in [2.05, 4.69) is 5.10 Å². The van der Waals surface area contributed by atoms with Crippen LogP contribution >= 0.6 is 23.2 Å². The second-order valence-corrected chi connectivity index (χ2v) is 7.56. The summed E-state index contributed by atoms with van der Waals surface area (Å²) in [7, 11) is 0. The van der Waals surface area contributed by atoms with Crippen LogP contribution in [0.4, 0.5) is 0 Å². The van der Waals surface area contributed by atoms with E-state index in [-0.39, 0.29) is 18.2 Å². The van der Waals surface area contributed by atoms with Gasteiger partial charge in [-0.1, -0.05) is 23.2 Å². The highest BCUT2D eigenvalue weighted by molar-refractivity contribution is 6.35. The number of halogens is 2. The molecule has 144 valence electrons. The minimum absolute atomic E-state index is 0.0474. The average molecular weight is 409 g/mol. The van der Waals surface area contributed by atoms with Gasteiger partial charge >= 0.3 is 0 Å². The minimum atomic E-state index is 0.0474. The van der Waals surface area contributed by atoms with Crippen LogP contribution in [-0.4, -0.2) is 57.6 Å². The Hall–Kier alpha value is -2.05.